The van der Waals surface area contributed by atoms with Gasteiger partial charge in [-0.3, -0.25) is 9.00 Å². The maximum atomic E-state index is 12.1. The Morgan fingerprint density at radius 2 is 2.29 bits per heavy atom. The van der Waals surface area contributed by atoms with E-state index in [2.05, 4.69) is 10.6 Å². The van der Waals surface area contributed by atoms with Gasteiger partial charge in [-0.15, -0.1) is 0 Å². The number of rotatable bonds is 6. The molecule has 1 aliphatic rings. The highest BCUT2D eigenvalue weighted by Crippen LogP contribution is 2.22. The zero-order chi connectivity index (χ0) is 12.9. The highest BCUT2D eigenvalue weighted by molar-refractivity contribution is 7.84. The zero-order valence-electron chi connectivity index (χ0n) is 11.0. The van der Waals surface area contributed by atoms with Crippen LogP contribution in [0, 0.1) is 0 Å². The molecule has 0 radical (unpaired) electrons. The molecule has 0 aromatic heterocycles. The molecule has 3 unspecified atom stereocenters. The third kappa shape index (κ3) is 3.78. The summed E-state index contributed by atoms with van der Waals surface area (Å²) in [6, 6.07) is 0. The van der Waals surface area contributed by atoms with E-state index in [-0.39, 0.29) is 16.7 Å². The number of nitrogens with one attached hydrogen (secondary N) is 2. The summed E-state index contributed by atoms with van der Waals surface area (Å²) in [6.45, 7) is 5.53. The molecule has 1 heterocycles. The van der Waals surface area contributed by atoms with Crippen LogP contribution in [0.2, 0.25) is 0 Å². The van der Waals surface area contributed by atoms with Gasteiger partial charge < -0.3 is 10.6 Å². The van der Waals surface area contributed by atoms with Crippen LogP contribution in [0.15, 0.2) is 0 Å². The van der Waals surface area contributed by atoms with E-state index >= 15 is 0 Å². The first-order chi connectivity index (χ1) is 8.02. The van der Waals surface area contributed by atoms with Crippen LogP contribution in [-0.2, 0) is 15.6 Å². The zero-order valence-corrected chi connectivity index (χ0v) is 11.9. The Hall–Kier alpha value is -0.420. The van der Waals surface area contributed by atoms with Gasteiger partial charge in [-0.2, -0.15) is 0 Å². The molecule has 2 N–H and O–H groups in total. The van der Waals surface area contributed by atoms with Crippen molar-refractivity contribution >= 4 is 16.7 Å². The molecule has 1 fully saturated rings. The monoisotopic (exact) mass is 260 g/mol. The van der Waals surface area contributed by atoms with E-state index in [0.29, 0.717) is 6.54 Å². The van der Waals surface area contributed by atoms with Crippen molar-refractivity contribution in [2.45, 2.75) is 50.3 Å². The van der Waals surface area contributed by atoms with Gasteiger partial charge in [-0.1, -0.05) is 13.8 Å². The first-order valence-electron chi connectivity index (χ1n) is 6.37. The molecule has 0 bridgehead atoms. The van der Waals surface area contributed by atoms with Crippen molar-refractivity contribution in [3.8, 4) is 0 Å². The molecular weight excluding hydrogens is 236 g/mol. The standard InChI is InChI=1S/C12H24N2O2S/c1-4-12(7-5-8-14-12)11(15)13-9-6-10(2)17(3)16/h10,14H,4-9H2,1-3H3,(H,13,15). The highest BCUT2D eigenvalue weighted by Gasteiger charge is 2.38. The minimum atomic E-state index is -0.806. The van der Waals surface area contributed by atoms with Gasteiger partial charge in [0.2, 0.25) is 5.91 Å². The fraction of sp³-hybridized carbons (Fsp3) is 0.917. The number of hydrogen-bond donors (Lipinski definition) is 2. The van der Waals surface area contributed by atoms with E-state index in [9.17, 15) is 9.00 Å². The maximum absolute atomic E-state index is 12.1. The Bertz CT molecular complexity index is 288. The molecule has 17 heavy (non-hydrogen) atoms. The van der Waals surface area contributed by atoms with E-state index in [0.717, 1.165) is 32.2 Å². The minimum Gasteiger partial charge on any atom is -0.354 e. The van der Waals surface area contributed by atoms with Crippen molar-refractivity contribution in [2.24, 2.45) is 0 Å². The molecule has 0 saturated carbocycles. The molecule has 100 valence electrons. The quantitative estimate of drug-likeness (QED) is 0.742. The van der Waals surface area contributed by atoms with Crippen LogP contribution in [-0.4, -0.2) is 40.3 Å². The van der Waals surface area contributed by atoms with Crippen LogP contribution >= 0.6 is 0 Å². The average molecular weight is 260 g/mol. The van der Waals surface area contributed by atoms with E-state index < -0.39 is 10.8 Å². The summed E-state index contributed by atoms with van der Waals surface area (Å²) in [5, 5.41) is 6.42. The molecule has 0 aliphatic carbocycles. The van der Waals surface area contributed by atoms with Gasteiger partial charge in [0.1, 0.15) is 0 Å². The van der Waals surface area contributed by atoms with Crippen LogP contribution < -0.4 is 10.6 Å². The maximum Gasteiger partial charge on any atom is 0.240 e. The van der Waals surface area contributed by atoms with E-state index in [1.54, 1.807) is 6.26 Å². The van der Waals surface area contributed by atoms with Crippen molar-refractivity contribution in [3.63, 3.8) is 0 Å². The molecule has 5 heteroatoms. The summed E-state index contributed by atoms with van der Waals surface area (Å²) < 4.78 is 11.2. The topological polar surface area (TPSA) is 58.2 Å². The summed E-state index contributed by atoms with van der Waals surface area (Å²) >= 11 is 0. The van der Waals surface area contributed by atoms with Gasteiger partial charge in [0.05, 0.1) is 5.54 Å². The van der Waals surface area contributed by atoms with E-state index in [4.69, 9.17) is 0 Å². The lowest BCUT2D eigenvalue weighted by Gasteiger charge is -2.26. The number of carbonyl (C=O) groups excluding carboxylic acids is 1. The lowest BCUT2D eigenvalue weighted by atomic mass is 9.93. The van der Waals surface area contributed by atoms with Crippen LogP contribution in [0.4, 0.5) is 0 Å². The van der Waals surface area contributed by atoms with Gasteiger partial charge in [-0.05, 0) is 32.2 Å². The predicted octanol–water partition coefficient (Wildman–Crippen LogP) is 0.792. The van der Waals surface area contributed by atoms with Gasteiger partial charge in [0.25, 0.3) is 0 Å². The van der Waals surface area contributed by atoms with E-state index in [1.165, 1.54) is 0 Å². The normalized spacial score (nSPS) is 27.7. The first-order valence-corrected chi connectivity index (χ1v) is 7.99. The van der Waals surface area contributed by atoms with Crippen molar-refractivity contribution in [2.75, 3.05) is 19.3 Å². The second-order valence-electron chi connectivity index (χ2n) is 4.82. The molecule has 4 nitrogen and oxygen atoms in total. The summed E-state index contributed by atoms with van der Waals surface area (Å²) in [7, 11) is -0.806. The number of amides is 1. The van der Waals surface area contributed by atoms with E-state index in [1.807, 2.05) is 13.8 Å². The first kappa shape index (κ1) is 14.6. The Labute approximate surface area is 106 Å². The van der Waals surface area contributed by atoms with Crippen molar-refractivity contribution in [1.82, 2.24) is 10.6 Å². The summed E-state index contributed by atoms with van der Waals surface area (Å²) in [6.07, 6.45) is 5.29. The largest absolute Gasteiger partial charge is 0.354 e. The molecule has 1 rings (SSSR count). The molecule has 3 atom stereocenters. The molecule has 0 aromatic rings. The Morgan fingerprint density at radius 3 is 2.76 bits per heavy atom. The SMILES string of the molecule is CCC1(C(=O)NCCC(C)S(C)=O)CCCN1. The van der Waals surface area contributed by atoms with Crippen molar-refractivity contribution in [1.29, 1.82) is 0 Å². The second-order valence-corrected chi connectivity index (χ2v) is 6.62. The lowest BCUT2D eigenvalue weighted by Crippen LogP contribution is -2.53. The second kappa shape index (κ2) is 6.50. The van der Waals surface area contributed by atoms with Crippen LogP contribution in [0.1, 0.15) is 39.5 Å². The fourth-order valence-electron chi connectivity index (χ4n) is 2.19. The summed E-state index contributed by atoms with van der Waals surface area (Å²) in [4.78, 5) is 12.1. The Balaban J connectivity index is 2.36. The molecule has 0 aromatic carbocycles. The van der Waals surface area contributed by atoms with Gasteiger partial charge in [0, 0.05) is 28.9 Å². The lowest BCUT2D eigenvalue weighted by molar-refractivity contribution is -0.127. The third-order valence-electron chi connectivity index (χ3n) is 3.68. The highest BCUT2D eigenvalue weighted by atomic mass is 32.2. The van der Waals surface area contributed by atoms with Crippen molar-refractivity contribution < 1.29 is 9.00 Å². The average Bonchev–Trinajstić information content (AvgIpc) is 2.78. The van der Waals surface area contributed by atoms with Crippen molar-refractivity contribution in [3.05, 3.63) is 0 Å². The molecular formula is C12H24N2O2S. The Morgan fingerprint density at radius 1 is 1.59 bits per heavy atom. The van der Waals surface area contributed by atoms with Gasteiger partial charge in [0.15, 0.2) is 0 Å². The van der Waals surface area contributed by atoms with Crippen LogP contribution in [0.25, 0.3) is 0 Å². The predicted molar refractivity (Wildman–Crippen MR) is 71.4 cm³/mol. The minimum absolute atomic E-state index is 0.103. The number of hydrogen-bond acceptors (Lipinski definition) is 3. The van der Waals surface area contributed by atoms with Gasteiger partial charge >= 0.3 is 0 Å². The summed E-state index contributed by atoms with van der Waals surface area (Å²) in [5.74, 6) is 0.103. The molecule has 1 saturated heterocycles. The van der Waals surface area contributed by atoms with Crippen LogP contribution in [0.3, 0.4) is 0 Å². The van der Waals surface area contributed by atoms with Crippen LogP contribution in [0.5, 0.6) is 0 Å². The number of carbonyl (C=O) groups is 1. The Kier molecular flexibility index (Phi) is 5.59. The molecule has 1 amide bonds. The fourth-order valence-corrected chi connectivity index (χ4v) is 2.64. The third-order valence-corrected chi connectivity index (χ3v) is 5.05. The smallest absolute Gasteiger partial charge is 0.240 e. The van der Waals surface area contributed by atoms with Gasteiger partial charge in [-0.25, -0.2) is 0 Å². The summed E-state index contributed by atoms with van der Waals surface area (Å²) in [5.41, 5.74) is -0.353. The molecule has 1 aliphatic heterocycles. The molecule has 0 spiro atoms.